The van der Waals surface area contributed by atoms with E-state index < -0.39 is 12.4 Å². The van der Waals surface area contributed by atoms with Crippen molar-refractivity contribution in [1.82, 2.24) is 29.4 Å². The summed E-state index contributed by atoms with van der Waals surface area (Å²) < 4.78 is 22.5. The molecule has 0 atom stereocenters. The van der Waals surface area contributed by atoms with Crippen molar-refractivity contribution >= 4 is 34.4 Å². The summed E-state index contributed by atoms with van der Waals surface area (Å²) in [7, 11) is 0. The van der Waals surface area contributed by atoms with E-state index in [4.69, 9.17) is 9.72 Å². The number of amides is 1. The van der Waals surface area contributed by atoms with Crippen LogP contribution >= 0.6 is 0 Å². The number of aromatic nitrogens is 4. The van der Waals surface area contributed by atoms with Gasteiger partial charge in [-0.1, -0.05) is 18.6 Å². The summed E-state index contributed by atoms with van der Waals surface area (Å²) >= 11 is 0. The summed E-state index contributed by atoms with van der Waals surface area (Å²) in [5.74, 6) is -0.108. The molecule has 4 aromatic rings. The maximum Gasteiger partial charge on any atom is 0.274 e. The summed E-state index contributed by atoms with van der Waals surface area (Å²) in [6, 6.07) is 9.13. The van der Waals surface area contributed by atoms with Crippen molar-refractivity contribution in [2.24, 2.45) is 0 Å². The Morgan fingerprint density at radius 2 is 1.82 bits per heavy atom. The van der Waals surface area contributed by atoms with Gasteiger partial charge >= 0.3 is 0 Å². The Bertz CT molecular complexity index is 1930. The molecule has 0 saturated carbocycles. The van der Waals surface area contributed by atoms with E-state index in [-0.39, 0.29) is 5.91 Å². The van der Waals surface area contributed by atoms with Gasteiger partial charge in [0.05, 0.1) is 49.1 Å². The first-order valence-electron chi connectivity index (χ1n) is 17.5. The van der Waals surface area contributed by atoms with Crippen LogP contribution in [0.5, 0.6) is 0 Å². The minimum atomic E-state index is -0.511. The molecule has 0 aliphatic carbocycles. The van der Waals surface area contributed by atoms with E-state index >= 15 is 4.39 Å². The highest BCUT2D eigenvalue weighted by atomic mass is 19.1. The zero-order valence-corrected chi connectivity index (χ0v) is 28.1. The number of nitrogens with one attached hydrogen (secondary N) is 1. The second-order valence-corrected chi connectivity index (χ2v) is 13.5. The number of allylic oxidation sites excluding steroid dienone is 2. The second-order valence-electron chi connectivity index (χ2n) is 13.5. The Morgan fingerprint density at radius 1 is 0.980 bits per heavy atom. The minimum Gasteiger partial charge on any atom is -0.392 e. The van der Waals surface area contributed by atoms with Crippen molar-refractivity contribution in [3.05, 3.63) is 84.4 Å². The lowest BCUT2D eigenvalue weighted by molar-refractivity contribution is -0.117. The molecule has 3 aromatic heterocycles. The summed E-state index contributed by atoms with van der Waals surface area (Å²) in [5.41, 5.74) is 5.59. The predicted molar refractivity (Wildman–Crippen MR) is 190 cm³/mol. The SMILES string of the molecule is C=C1/C=C2/C(=O)N(c3cc(F)cc(-c4cc(Nc5ccc(N6CCN(C7COC7)CC6)cn5)c5ncnn5c4)c3CO)CCN2CCCCC1. The molecule has 1 aromatic carbocycles. The molecule has 3 fully saturated rings. The normalized spacial score (nSPS) is 20.5. The van der Waals surface area contributed by atoms with Gasteiger partial charge < -0.3 is 29.9 Å². The highest BCUT2D eigenvalue weighted by Gasteiger charge is 2.33. The first-order valence-corrected chi connectivity index (χ1v) is 17.5. The van der Waals surface area contributed by atoms with Gasteiger partial charge in [-0.2, -0.15) is 5.10 Å². The first-order chi connectivity index (χ1) is 24.4. The smallest absolute Gasteiger partial charge is 0.274 e. The van der Waals surface area contributed by atoms with Gasteiger partial charge in [-0.05, 0) is 61.2 Å². The Hall–Kier alpha value is -4.85. The molecule has 1 amide bonds. The molecular formula is C37H42FN9O3. The van der Waals surface area contributed by atoms with Crippen molar-refractivity contribution in [2.75, 3.05) is 74.1 Å². The zero-order valence-electron chi connectivity index (χ0n) is 28.1. The molecule has 12 nitrogen and oxygen atoms in total. The van der Waals surface area contributed by atoms with E-state index in [1.807, 2.05) is 24.4 Å². The number of hydrogen-bond donors (Lipinski definition) is 2. The van der Waals surface area contributed by atoms with Crippen LogP contribution in [0.4, 0.5) is 27.3 Å². The van der Waals surface area contributed by atoms with Crippen molar-refractivity contribution in [1.29, 1.82) is 0 Å². The fraction of sp³-hybridized carbons (Fsp3) is 0.405. The number of nitrogens with zero attached hydrogens (tertiary/aromatic N) is 8. The molecule has 0 unspecified atom stereocenters. The maximum atomic E-state index is 15.5. The average Bonchev–Trinajstić information content (AvgIpc) is 3.61. The van der Waals surface area contributed by atoms with E-state index in [0.29, 0.717) is 64.4 Å². The second kappa shape index (κ2) is 13.8. The fourth-order valence-corrected chi connectivity index (χ4v) is 7.45. The van der Waals surface area contributed by atoms with Crippen molar-refractivity contribution in [2.45, 2.75) is 38.3 Å². The predicted octanol–water partition coefficient (Wildman–Crippen LogP) is 4.35. The van der Waals surface area contributed by atoms with Crippen LogP contribution in [0.15, 0.2) is 73.0 Å². The molecule has 13 heteroatoms. The Labute approximate surface area is 290 Å². The highest BCUT2D eigenvalue weighted by Crippen LogP contribution is 2.37. The summed E-state index contributed by atoms with van der Waals surface area (Å²) in [5, 5.41) is 18.5. The van der Waals surface area contributed by atoms with Crippen LogP contribution in [0.2, 0.25) is 0 Å². The monoisotopic (exact) mass is 679 g/mol. The van der Waals surface area contributed by atoms with Crippen molar-refractivity contribution < 1.29 is 19.0 Å². The van der Waals surface area contributed by atoms with Crippen molar-refractivity contribution in [3.8, 4) is 11.1 Å². The van der Waals surface area contributed by atoms with Gasteiger partial charge in [-0.15, -0.1) is 0 Å². The number of halogens is 1. The number of fused-ring (bicyclic) bond motifs is 2. The zero-order chi connectivity index (χ0) is 34.2. The molecule has 7 heterocycles. The number of carbonyl (C=O) groups excluding carboxylic acids is 1. The number of rotatable bonds is 7. The molecule has 4 aliphatic rings. The lowest BCUT2D eigenvalue weighted by Gasteiger charge is -2.43. The van der Waals surface area contributed by atoms with E-state index in [1.54, 1.807) is 15.6 Å². The third kappa shape index (κ3) is 6.32. The molecular weight excluding hydrogens is 637 g/mol. The number of benzene rings is 1. The number of piperazine rings is 2. The van der Waals surface area contributed by atoms with Gasteiger partial charge in [-0.3, -0.25) is 9.69 Å². The van der Waals surface area contributed by atoms with E-state index in [9.17, 15) is 9.90 Å². The number of hydrogen-bond acceptors (Lipinski definition) is 10. The lowest BCUT2D eigenvalue weighted by Crippen LogP contribution is -2.56. The number of carbonyl (C=O) groups is 1. The molecule has 50 heavy (non-hydrogen) atoms. The topological polar surface area (TPSA) is 115 Å². The third-order valence-corrected chi connectivity index (χ3v) is 10.3. The molecule has 8 rings (SSSR count). The quantitative estimate of drug-likeness (QED) is 0.292. The van der Waals surface area contributed by atoms with Gasteiger partial charge in [0.15, 0.2) is 5.65 Å². The minimum absolute atomic E-state index is 0.219. The van der Waals surface area contributed by atoms with Crippen LogP contribution < -0.4 is 15.1 Å². The molecule has 0 bridgehead atoms. The van der Waals surface area contributed by atoms with E-state index in [1.165, 1.54) is 18.5 Å². The van der Waals surface area contributed by atoms with E-state index in [2.05, 4.69) is 42.7 Å². The van der Waals surface area contributed by atoms with Gasteiger partial charge in [0.25, 0.3) is 5.91 Å². The van der Waals surface area contributed by atoms with Gasteiger partial charge in [0.1, 0.15) is 23.7 Å². The molecule has 4 aliphatic heterocycles. The van der Waals surface area contributed by atoms with Crippen LogP contribution in [0.3, 0.4) is 0 Å². The lowest BCUT2D eigenvalue weighted by atomic mass is 9.97. The van der Waals surface area contributed by atoms with Crippen LogP contribution in [0.25, 0.3) is 16.8 Å². The number of anilines is 4. The summed E-state index contributed by atoms with van der Waals surface area (Å²) in [6.45, 7) is 11.1. The van der Waals surface area contributed by atoms with Crippen LogP contribution in [-0.4, -0.2) is 105 Å². The molecule has 0 radical (unpaired) electrons. The molecule has 260 valence electrons. The van der Waals surface area contributed by atoms with Crippen molar-refractivity contribution in [3.63, 3.8) is 0 Å². The summed E-state index contributed by atoms with van der Waals surface area (Å²) in [6.07, 6.45) is 10.9. The van der Waals surface area contributed by atoms with Crippen LogP contribution in [-0.2, 0) is 16.1 Å². The third-order valence-electron chi connectivity index (χ3n) is 10.3. The largest absolute Gasteiger partial charge is 0.392 e. The number of pyridine rings is 2. The number of ether oxygens (including phenoxy) is 1. The van der Waals surface area contributed by atoms with Gasteiger partial charge in [-0.25, -0.2) is 18.9 Å². The Morgan fingerprint density at radius 3 is 2.58 bits per heavy atom. The molecule has 0 spiro atoms. The molecule has 2 N–H and O–H groups in total. The highest BCUT2D eigenvalue weighted by molar-refractivity contribution is 6.07. The van der Waals surface area contributed by atoms with E-state index in [0.717, 1.165) is 82.9 Å². The standard InChI is InChI=1S/C37H42FN9O3/c1-25-5-3-2-4-8-45-13-14-46(37(49)34(45)15-25)33-18-27(38)17-30(31(33)21-48)26-16-32(36-40-24-41-47(36)20-26)42-35-7-6-28(19-39-35)43-9-11-44(12-10-43)29-22-50-23-29/h6-7,15-20,24,29,48H,1-5,8-14,21-23H2,(H,39,42)/b34-15-. The average molecular weight is 680 g/mol. The number of aliphatic hydroxyl groups is 1. The maximum absolute atomic E-state index is 15.5. The van der Waals surface area contributed by atoms with Gasteiger partial charge in [0, 0.05) is 63.1 Å². The summed E-state index contributed by atoms with van der Waals surface area (Å²) in [4.78, 5) is 31.7. The van der Waals surface area contributed by atoms with Crippen LogP contribution in [0, 0.1) is 5.82 Å². The first kappa shape index (κ1) is 32.4. The number of aliphatic hydroxyl groups excluding tert-OH is 1. The molecule has 3 saturated heterocycles. The Kier molecular flexibility index (Phi) is 8.94. The van der Waals surface area contributed by atoms with Gasteiger partial charge in [0.2, 0.25) is 0 Å². The van der Waals surface area contributed by atoms with Crippen LogP contribution in [0.1, 0.15) is 31.2 Å². The Balaban J connectivity index is 1.07. The fourth-order valence-electron chi connectivity index (χ4n) is 7.45.